The van der Waals surface area contributed by atoms with E-state index in [2.05, 4.69) is 26.5 Å². The van der Waals surface area contributed by atoms with Crippen molar-refractivity contribution in [3.8, 4) is 17.2 Å². The van der Waals surface area contributed by atoms with Crippen LogP contribution in [0.4, 0.5) is 0 Å². The van der Waals surface area contributed by atoms with Gasteiger partial charge in [-0.1, -0.05) is 41.9 Å². The van der Waals surface area contributed by atoms with Gasteiger partial charge in [0.05, 0.1) is 17.8 Å². The molecule has 0 unspecified atom stereocenters. The third-order valence-corrected chi connectivity index (χ3v) is 5.39. The van der Waals surface area contributed by atoms with Gasteiger partial charge < -0.3 is 14.2 Å². The number of nitrogens with zero attached hydrogens (tertiary/aromatic N) is 1. The minimum Gasteiger partial charge on any atom is -0.493 e. The molecule has 0 atom stereocenters. The highest BCUT2D eigenvalue weighted by Gasteiger charge is 2.12. The molecular formula is C24H22BrClN2O4. The zero-order chi connectivity index (χ0) is 22.9. The lowest BCUT2D eigenvalue weighted by Crippen LogP contribution is -2.24. The Bertz CT molecular complexity index is 1110. The lowest BCUT2D eigenvalue weighted by atomic mass is 10.2. The van der Waals surface area contributed by atoms with Crippen molar-refractivity contribution in [2.24, 2.45) is 5.10 Å². The van der Waals surface area contributed by atoms with Crippen LogP contribution in [0.5, 0.6) is 17.2 Å². The van der Waals surface area contributed by atoms with Gasteiger partial charge in [-0.25, -0.2) is 5.43 Å². The summed E-state index contributed by atoms with van der Waals surface area (Å²) in [5.74, 6) is 1.31. The van der Waals surface area contributed by atoms with Gasteiger partial charge in [-0.2, -0.15) is 5.10 Å². The van der Waals surface area contributed by atoms with E-state index in [1.165, 1.54) is 6.21 Å². The molecule has 0 heterocycles. The average Bonchev–Trinajstić information content (AvgIpc) is 2.79. The molecule has 3 rings (SSSR count). The van der Waals surface area contributed by atoms with E-state index in [1.807, 2.05) is 43.3 Å². The minimum atomic E-state index is -0.386. The molecule has 8 heteroatoms. The highest BCUT2D eigenvalue weighted by Crippen LogP contribution is 2.36. The monoisotopic (exact) mass is 516 g/mol. The number of carbonyl (C=O) groups excluding carboxylic acids is 1. The average molecular weight is 518 g/mol. The maximum atomic E-state index is 12.0. The van der Waals surface area contributed by atoms with Gasteiger partial charge in [0.15, 0.2) is 18.1 Å². The normalized spacial score (nSPS) is 10.8. The fourth-order valence-electron chi connectivity index (χ4n) is 2.75. The second-order valence-electron chi connectivity index (χ2n) is 6.80. The van der Waals surface area contributed by atoms with Crippen molar-refractivity contribution in [2.75, 3.05) is 13.7 Å². The largest absolute Gasteiger partial charge is 0.493 e. The van der Waals surface area contributed by atoms with E-state index >= 15 is 0 Å². The van der Waals surface area contributed by atoms with E-state index in [4.69, 9.17) is 25.8 Å². The van der Waals surface area contributed by atoms with Gasteiger partial charge in [-0.15, -0.1) is 0 Å². The van der Waals surface area contributed by atoms with Crippen LogP contribution in [0.15, 0.2) is 70.2 Å². The van der Waals surface area contributed by atoms with Crippen LogP contribution in [0, 0.1) is 6.92 Å². The molecule has 1 N–H and O–H groups in total. The zero-order valence-electron chi connectivity index (χ0n) is 17.6. The van der Waals surface area contributed by atoms with Crippen molar-refractivity contribution in [3.63, 3.8) is 0 Å². The number of hydrogen-bond donors (Lipinski definition) is 1. The van der Waals surface area contributed by atoms with Gasteiger partial charge >= 0.3 is 0 Å². The quantitative estimate of drug-likeness (QED) is 0.299. The van der Waals surface area contributed by atoms with Crippen LogP contribution in [0.2, 0.25) is 5.02 Å². The predicted octanol–water partition coefficient (Wildman–Crippen LogP) is 5.53. The molecule has 0 radical (unpaired) electrons. The smallest absolute Gasteiger partial charge is 0.277 e. The summed E-state index contributed by atoms with van der Waals surface area (Å²) in [7, 11) is 1.57. The first-order chi connectivity index (χ1) is 15.5. The number of nitrogens with one attached hydrogen (secondary N) is 1. The predicted molar refractivity (Wildman–Crippen MR) is 129 cm³/mol. The number of hydrogen-bond acceptors (Lipinski definition) is 5. The highest BCUT2D eigenvalue weighted by molar-refractivity contribution is 9.10. The number of carbonyl (C=O) groups is 1. The molecule has 0 aliphatic rings. The zero-order valence-corrected chi connectivity index (χ0v) is 19.9. The molecule has 32 heavy (non-hydrogen) atoms. The van der Waals surface area contributed by atoms with Crippen LogP contribution >= 0.6 is 27.5 Å². The summed E-state index contributed by atoms with van der Waals surface area (Å²) < 4.78 is 17.5. The van der Waals surface area contributed by atoms with Crippen LogP contribution < -0.4 is 19.6 Å². The Labute approximate surface area is 200 Å². The van der Waals surface area contributed by atoms with E-state index in [0.717, 1.165) is 16.7 Å². The van der Waals surface area contributed by atoms with Gasteiger partial charge in [0.25, 0.3) is 5.91 Å². The molecule has 166 valence electrons. The highest BCUT2D eigenvalue weighted by atomic mass is 79.9. The van der Waals surface area contributed by atoms with Gasteiger partial charge in [0.2, 0.25) is 0 Å². The van der Waals surface area contributed by atoms with Crippen molar-refractivity contribution < 1.29 is 19.0 Å². The number of aryl methyl sites for hydroxylation is 1. The fraction of sp³-hybridized carbons (Fsp3) is 0.167. The summed E-state index contributed by atoms with van der Waals surface area (Å²) in [5, 5.41) is 4.63. The third kappa shape index (κ3) is 6.73. The molecule has 0 bridgehead atoms. The first-order valence-corrected chi connectivity index (χ1v) is 10.9. The van der Waals surface area contributed by atoms with Crippen LogP contribution in [0.1, 0.15) is 16.7 Å². The maximum Gasteiger partial charge on any atom is 0.277 e. The van der Waals surface area contributed by atoms with E-state index in [0.29, 0.717) is 33.4 Å². The number of methoxy groups -OCH3 is 1. The van der Waals surface area contributed by atoms with Crippen molar-refractivity contribution in [2.45, 2.75) is 13.5 Å². The summed E-state index contributed by atoms with van der Waals surface area (Å²) in [6.45, 7) is 2.11. The Morgan fingerprint density at radius 1 is 1.12 bits per heavy atom. The molecular weight excluding hydrogens is 496 g/mol. The van der Waals surface area contributed by atoms with Gasteiger partial charge in [0.1, 0.15) is 12.4 Å². The van der Waals surface area contributed by atoms with Crippen molar-refractivity contribution in [1.82, 2.24) is 5.43 Å². The Balaban J connectivity index is 1.57. The molecule has 3 aromatic carbocycles. The lowest BCUT2D eigenvalue weighted by molar-refractivity contribution is -0.123. The van der Waals surface area contributed by atoms with Crippen LogP contribution in [-0.2, 0) is 11.4 Å². The first kappa shape index (κ1) is 23.6. The van der Waals surface area contributed by atoms with Gasteiger partial charge in [-0.3, -0.25) is 4.79 Å². The Kier molecular flexibility index (Phi) is 8.53. The number of ether oxygens (including phenoxy) is 3. The molecule has 0 aliphatic heterocycles. The SMILES string of the molecule is COc1cc(/C=N/NC(=O)COc2ccc(Cl)c(C)c2)cc(Br)c1OCc1ccccc1. The second-order valence-corrected chi connectivity index (χ2v) is 8.06. The Hall–Kier alpha value is -3.03. The summed E-state index contributed by atoms with van der Waals surface area (Å²) in [6, 6.07) is 18.6. The van der Waals surface area contributed by atoms with Gasteiger partial charge in [-0.05, 0) is 69.9 Å². The Morgan fingerprint density at radius 2 is 1.91 bits per heavy atom. The summed E-state index contributed by atoms with van der Waals surface area (Å²) in [6.07, 6.45) is 1.51. The molecule has 0 spiro atoms. The third-order valence-electron chi connectivity index (χ3n) is 4.38. The molecule has 1 amide bonds. The molecule has 6 nitrogen and oxygen atoms in total. The van der Waals surface area contributed by atoms with E-state index in [9.17, 15) is 4.79 Å². The van der Waals surface area contributed by atoms with E-state index < -0.39 is 0 Å². The van der Waals surface area contributed by atoms with E-state index in [1.54, 1.807) is 31.4 Å². The molecule has 3 aromatic rings. The molecule has 0 aliphatic carbocycles. The fourth-order valence-corrected chi connectivity index (χ4v) is 3.44. The summed E-state index contributed by atoms with van der Waals surface area (Å²) >= 11 is 9.50. The van der Waals surface area contributed by atoms with Crippen LogP contribution in [-0.4, -0.2) is 25.8 Å². The Morgan fingerprint density at radius 3 is 2.62 bits per heavy atom. The first-order valence-electron chi connectivity index (χ1n) is 9.71. The molecule has 0 saturated heterocycles. The molecule has 0 fully saturated rings. The number of hydrazone groups is 1. The topological polar surface area (TPSA) is 69.2 Å². The summed E-state index contributed by atoms with van der Waals surface area (Å²) in [4.78, 5) is 12.0. The number of rotatable bonds is 9. The maximum absolute atomic E-state index is 12.0. The number of amides is 1. The van der Waals surface area contributed by atoms with Crippen molar-refractivity contribution in [3.05, 3.63) is 86.8 Å². The molecule has 0 aromatic heterocycles. The van der Waals surface area contributed by atoms with E-state index in [-0.39, 0.29) is 12.5 Å². The van der Waals surface area contributed by atoms with Crippen LogP contribution in [0.3, 0.4) is 0 Å². The summed E-state index contributed by atoms with van der Waals surface area (Å²) in [5.41, 5.74) is 5.08. The lowest BCUT2D eigenvalue weighted by Gasteiger charge is -2.13. The van der Waals surface area contributed by atoms with Crippen molar-refractivity contribution >= 4 is 39.7 Å². The standard InChI is InChI=1S/C24H22BrClN2O4/c1-16-10-19(8-9-21(16)26)31-15-23(29)28-27-13-18-11-20(25)24(22(12-18)30-2)32-14-17-6-4-3-5-7-17/h3-13H,14-15H2,1-2H3,(H,28,29)/b27-13+. The van der Waals surface area contributed by atoms with Crippen molar-refractivity contribution in [1.29, 1.82) is 0 Å². The molecule has 0 saturated carbocycles. The number of halogens is 2. The van der Waals surface area contributed by atoms with Crippen LogP contribution in [0.25, 0.3) is 0 Å². The second kappa shape index (κ2) is 11.5. The number of benzene rings is 3. The minimum absolute atomic E-state index is 0.169. The van der Waals surface area contributed by atoms with Gasteiger partial charge in [0, 0.05) is 5.02 Å².